The number of aryl methyl sites for hydroxylation is 1. The second kappa shape index (κ2) is 11.5. The molecule has 5 nitrogen and oxygen atoms in total. The fourth-order valence-corrected chi connectivity index (χ4v) is 5.25. The smallest absolute Gasteiger partial charge is 0.305 e. The van der Waals surface area contributed by atoms with E-state index in [1.807, 2.05) is 38.2 Å². The van der Waals surface area contributed by atoms with Gasteiger partial charge in [0.1, 0.15) is 0 Å². The molecule has 180 valence electrons. The lowest BCUT2D eigenvalue weighted by molar-refractivity contribution is -0.136. The fourth-order valence-electron chi connectivity index (χ4n) is 3.75. The van der Waals surface area contributed by atoms with Crippen molar-refractivity contribution in [2.75, 3.05) is 23.8 Å². The van der Waals surface area contributed by atoms with E-state index < -0.39 is 5.97 Å². The van der Waals surface area contributed by atoms with Crippen molar-refractivity contribution in [2.24, 2.45) is 5.92 Å². The van der Waals surface area contributed by atoms with Crippen molar-refractivity contribution < 1.29 is 9.90 Å². The second-order valence-corrected chi connectivity index (χ2v) is 10.2. The highest BCUT2D eigenvalue weighted by Crippen LogP contribution is 2.37. The van der Waals surface area contributed by atoms with Crippen molar-refractivity contribution in [2.45, 2.75) is 40.2 Å². The van der Waals surface area contributed by atoms with Crippen LogP contribution < -0.4 is 10.2 Å². The number of aliphatic carboxylic acids is 1. The molecule has 0 radical (unpaired) electrons. The maximum Gasteiger partial charge on any atom is 0.305 e. The third kappa shape index (κ3) is 6.39. The number of carboxylic acid groups (broad SMARTS) is 1. The highest BCUT2D eigenvalue weighted by molar-refractivity contribution is 7.16. The molecule has 0 aliphatic carbocycles. The van der Waals surface area contributed by atoms with E-state index in [2.05, 4.69) is 48.8 Å². The van der Waals surface area contributed by atoms with Gasteiger partial charge >= 0.3 is 5.97 Å². The molecule has 0 atom stereocenters. The number of nitrogens with one attached hydrogen (secondary N) is 1. The van der Waals surface area contributed by atoms with Crippen LogP contribution in [0.2, 0.25) is 5.02 Å². The highest BCUT2D eigenvalue weighted by atomic mass is 35.5. The topological polar surface area (TPSA) is 65.5 Å². The van der Waals surface area contributed by atoms with E-state index in [4.69, 9.17) is 16.6 Å². The lowest BCUT2D eigenvalue weighted by atomic mass is 10.0. The Balaban J connectivity index is 2.02. The molecule has 0 aliphatic heterocycles. The number of halogens is 1. The van der Waals surface area contributed by atoms with Crippen molar-refractivity contribution in [3.8, 4) is 11.3 Å². The van der Waals surface area contributed by atoms with Crippen LogP contribution in [0.4, 0.5) is 10.8 Å². The molecule has 3 rings (SSSR count). The molecule has 0 unspecified atom stereocenters. The molecule has 1 heterocycles. The Hall–Kier alpha value is -2.83. The third-order valence-corrected chi connectivity index (χ3v) is 7.12. The Bertz CT molecular complexity index is 1170. The van der Waals surface area contributed by atoms with Crippen molar-refractivity contribution in [3.63, 3.8) is 0 Å². The van der Waals surface area contributed by atoms with E-state index in [9.17, 15) is 9.90 Å². The van der Waals surface area contributed by atoms with E-state index >= 15 is 0 Å². The molecule has 0 bridgehead atoms. The minimum atomic E-state index is -0.827. The van der Waals surface area contributed by atoms with Crippen molar-refractivity contribution in [1.29, 1.82) is 0 Å². The summed E-state index contributed by atoms with van der Waals surface area (Å²) in [5.74, 6) is -0.364. The normalized spacial score (nSPS) is 11.0. The van der Waals surface area contributed by atoms with E-state index in [1.54, 1.807) is 11.3 Å². The van der Waals surface area contributed by atoms with Gasteiger partial charge in [-0.25, -0.2) is 4.98 Å². The number of carboxylic acids is 1. The van der Waals surface area contributed by atoms with Gasteiger partial charge in [0.25, 0.3) is 0 Å². The molecule has 0 amide bonds. The molecule has 0 fully saturated rings. The van der Waals surface area contributed by atoms with Crippen molar-refractivity contribution >= 4 is 45.8 Å². The van der Waals surface area contributed by atoms with Gasteiger partial charge in [0.2, 0.25) is 0 Å². The van der Waals surface area contributed by atoms with E-state index in [0.29, 0.717) is 24.0 Å². The van der Waals surface area contributed by atoms with Gasteiger partial charge in [0, 0.05) is 41.3 Å². The molecule has 0 saturated carbocycles. The number of hydrogen-bond acceptors (Lipinski definition) is 5. The van der Waals surface area contributed by atoms with Crippen LogP contribution in [0, 0.1) is 12.8 Å². The van der Waals surface area contributed by atoms with Crippen LogP contribution in [0.5, 0.6) is 0 Å². The molecule has 3 aromatic rings. The molecule has 7 heteroatoms. The summed E-state index contributed by atoms with van der Waals surface area (Å²) in [7, 11) is 1.88. The summed E-state index contributed by atoms with van der Waals surface area (Å²) in [5, 5.41) is 14.1. The van der Waals surface area contributed by atoms with Gasteiger partial charge < -0.3 is 15.3 Å². The first-order valence-electron chi connectivity index (χ1n) is 11.4. The monoisotopic (exact) mass is 497 g/mol. The Kier molecular flexibility index (Phi) is 8.75. The van der Waals surface area contributed by atoms with Crippen LogP contribution in [-0.4, -0.2) is 29.7 Å². The molecule has 1 aromatic heterocycles. The largest absolute Gasteiger partial charge is 0.481 e. The SMILES string of the molecule is C=Cc1cc(CN(CCC(=O)O)c2nc(-c3ccc(C)c(Cl)c3)c(CC(C)C)s2)ccc1NC. The van der Waals surface area contributed by atoms with Crippen LogP contribution in [-0.2, 0) is 17.8 Å². The summed E-state index contributed by atoms with van der Waals surface area (Å²) < 4.78 is 0. The minimum Gasteiger partial charge on any atom is -0.481 e. The molecule has 2 aromatic carbocycles. The Morgan fingerprint density at radius 1 is 1.29 bits per heavy atom. The van der Waals surface area contributed by atoms with Gasteiger partial charge in [-0.15, -0.1) is 11.3 Å². The maximum absolute atomic E-state index is 11.4. The fraction of sp³-hybridized carbons (Fsp3) is 0.333. The van der Waals surface area contributed by atoms with Gasteiger partial charge in [-0.2, -0.15) is 0 Å². The average Bonchev–Trinajstić information content (AvgIpc) is 3.20. The standard InChI is InChI=1S/C27H32ClN3O2S/c1-6-20-14-19(8-10-23(20)29-5)16-31(12-11-25(32)33)27-30-26(24(34-27)13-17(2)3)21-9-7-18(4)22(28)15-21/h6-10,14-15,17,29H,1,11-13,16H2,2-5H3,(H,32,33). The average molecular weight is 498 g/mol. The summed E-state index contributed by atoms with van der Waals surface area (Å²) in [6, 6.07) is 12.2. The van der Waals surface area contributed by atoms with Crippen LogP contribution in [0.15, 0.2) is 43.0 Å². The van der Waals surface area contributed by atoms with Crippen molar-refractivity contribution in [3.05, 3.63) is 69.6 Å². The number of carbonyl (C=O) groups is 1. The van der Waals surface area contributed by atoms with Crippen molar-refractivity contribution in [1.82, 2.24) is 4.98 Å². The Morgan fingerprint density at radius 3 is 2.68 bits per heavy atom. The minimum absolute atomic E-state index is 0.0354. The first-order valence-corrected chi connectivity index (χ1v) is 12.6. The number of aromatic nitrogens is 1. The zero-order valence-corrected chi connectivity index (χ0v) is 21.8. The quantitative estimate of drug-likeness (QED) is 0.295. The summed E-state index contributed by atoms with van der Waals surface area (Å²) in [5.41, 5.74) is 6.01. The number of nitrogens with zero attached hydrogens (tertiary/aromatic N) is 2. The number of anilines is 2. The van der Waals surface area contributed by atoms with Crippen LogP contribution in [0.25, 0.3) is 17.3 Å². The molecule has 0 saturated heterocycles. The van der Waals surface area contributed by atoms with Gasteiger partial charge in [-0.3, -0.25) is 4.79 Å². The van der Waals surface area contributed by atoms with Crippen LogP contribution >= 0.6 is 22.9 Å². The second-order valence-electron chi connectivity index (χ2n) is 8.77. The highest BCUT2D eigenvalue weighted by Gasteiger charge is 2.20. The first-order chi connectivity index (χ1) is 16.2. The summed E-state index contributed by atoms with van der Waals surface area (Å²) in [6.07, 6.45) is 2.75. The zero-order chi connectivity index (χ0) is 24.8. The third-order valence-electron chi connectivity index (χ3n) is 5.57. The van der Waals surface area contributed by atoms with E-state index in [0.717, 1.165) is 45.2 Å². The molecular weight excluding hydrogens is 466 g/mol. The molecule has 34 heavy (non-hydrogen) atoms. The van der Waals surface area contributed by atoms with Crippen LogP contribution in [0.3, 0.4) is 0 Å². The summed E-state index contributed by atoms with van der Waals surface area (Å²) in [6.45, 7) is 11.2. The summed E-state index contributed by atoms with van der Waals surface area (Å²) >= 11 is 8.06. The van der Waals surface area contributed by atoms with Gasteiger partial charge in [0.05, 0.1) is 12.1 Å². The number of thiazole rings is 1. The lowest BCUT2D eigenvalue weighted by Gasteiger charge is -2.22. The molecule has 0 spiro atoms. The number of hydrogen-bond donors (Lipinski definition) is 2. The Labute approximate surface area is 211 Å². The van der Waals surface area contributed by atoms with Gasteiger partial charge in [-0.05, 0) is 54.2 Å². The molecule has 0 aliphatic rings. The van der Waals surface area contributed by atoms with E-state index in [-0.39, 0.29) is 6.42 Å². The van der Waals surface area contributed by atoms with Gasteiger partial charge in [0.15, 0.2) is 5.13 Å². The predicted molar refractivity (Wildman–Crippen MR) is 145 cm³/mol. The number of benzene rings is 2. The zero-order valence-electron chi connectivity index (χ0n) is 20.2. The van der Waals surface area contributed by atoms with Crippen LogP contribution in [0.1, 0.15) is 41.8 Å². The molecule has 2 N–H and O–H groups in total. The molecular formula is C27H32ClN3O2S. The lowest BCUT2D eigenvalue weighted by Crippen LogP contribution is -2.25. The number of rotatable bonds is 11. The maximum atomic E-state index is 11.4. The Morgan fingerprint density at radius 2 is 2.06 bits per heavy atom. The predicted octanol–water partition coefficient (Wildman–Crippen LogP) is 7.14. The van der Waals surface area contributed by atoms with Gasteiger partial charge in [-0.1, -0.05) is 56.3 Å². The first kappa shape index (κ1) is 25.8. The van der Waals surface area contributed by atoms with E-state index in [1.165, 1.54) is 4.88 Å². The summed E-state index contributed by atoms with van der Waals surface area (Å²) in [4.78, 5) is 19.7.